The van der Waals surface area contributed by atoms with Gasteiger partial charge in [-0.3, -0.25) is 0 Å². The minimum absolute atomic E-state index is 0.0671. The van der Waals surface area contributed by atoms with Crippen molar-refractivity contribution in [3.63, 3.8) is 0 Å². The number of hydrogen-bond donors (Lipinski definition) is 2. The number of carbonyl (C=O) groups is 1. The third kappa shape index (κ3) is 6.00. The zero-order valence-electron chi connectivity index (χ0n) is 23.3. The summed E-state index contributed by atoms with van der Waals surface area (Å²) < 4.78 is 40.6. The molecule has 2 aromatic heterocycles. The fraction of sp³-hybridized carbons (Fsp3) is 0.552. The second-order valence-corrected chi connectivity index (χ2v) is 14.6. The lowest BCUT2D eigenvalue weighted by molar-refractivity contribution is -0.0404. The van der Waals surface area contributed by atoms with Crippen molar-refractivity contribution in [3.8, 4) is 10.4 Å². The number of primary amides is 1. The van der Waals surface area contributed by atoms with Crippen LogP contribution in [-0.4, -0.2) is 47.2 Å². The number of amides is 1. The van der Waals surface area contributed by atoms with E-state index in [-0.39, 0.29) is 23.5 Å². The summed E-state index contributed by atoms with van der Waals surface area (Å²) in [6.45, 7) is 2.74. The highest BCUT2D eigenvalue weighted by atomic mass is 32.2. The molecule has 1 saturated heterocycles. The molecule has 2 saturated carbocycles. The van der Waals surface area contributed by atoms with E-state index in [1.54, 1.807) is 23.6 Å². The number of anilines is 2. The summed E-state index contributed by atoms with van der Waals surface area (Å²) >= 11 is 1.55. The Bertz CT molecular complexity index is 1500. The highest BCUT2D eigenvalue weighted by Gasteiger charge is 2.35. The van der Waals surface area contributed by atoms with Gasteiger partial charge in [0.15, 0.2) is 21.9 Å². The molecule has 1 amide bonds. The number of aromatic nitrogens is 3. The van der Waals surface area contributed by atoms with Crippen molar-refractivity contribution in [2.75, 3.05) is 11.9 Å². The number of nitrogens with two attached hydrogens (primary N) is 1. The van der Waals surface area contributed by atoms with E-state index in [1.165, 1.54) is 0 Å². The topological polar surface area (TPSA) is 138 Å². The van der Waals surface area contributed by atoms with Gasteiger partial charge in [-0.1, -0.05) is 12.5 Å². The molecule has 1 aromatic carbocycles. The van der Waals surface area contributed by atoms with Crippen LogP contribution in [0.5, 0.6) is 0 Å². The van der Waals surface area contributed by atoms with Gasteiger partial charge in [0.1, 0.15) is 6.10 Å². The summed E-state index contributed by atoms with van der Waals surface area (Å²) in [6.07, 6.45) is 9.45. The van der Waals surface area contributed by atoms with Gasteiger partial charge in [-0.05, 0) is 76.8 Å². The highest BCUT2D eigenvalue weighted by Crippen LogP contribution is 2.42. The lowest BCUT2D eigenvalue weighted by atomic mass is 9.88. The number of nitrogens with zero attached hydrogens (tertiary/aromatic N) is 3. The fourth-order valence-corrected chi connectivity index (χ4v) is 9.28. The average Bonchev–Trinajstić information content (AvgIpc) is 3.55. The smallest absolute Gasteiger partial charge is 0.404 e. The SMILES string of the molecule is Cc1cc(Nc2ccc(-c3cnc(C4CCC(OC(N)=O)CC4)s3)c(S(=O)(=O)C3CCC3)c2)nn1C1CCCCO1. The van der Waals surface area contributed by atoms with Crippen molar-refractivity contribution >= 4 is 38.8 Å². The Hall–Kier alpha value is -2.96. The summed E-state index contributed by atoms with van der Waals surface area (Å²) in [7, 11) is -3.52. The second kappa shape index (κ2) is 11.7. The number of aryl methyl sites for hydroxylation is 1. The molecule has 6 rings (SSSR count). The third-order valence-electron chi connectivity index (χ3n) is 8.50. The van der Waals surface area contributed by atoms with E-state index in [1.807, 2.05) is 29.8 Å². The number of benzene rings is 1. The van der Waals surface area contributed by atoms with Crippen molar-refractivity contribution in [1.82, 2.24) is 14.8 Å². The van der Waals surface area contributed by atoms with Gasteiger partial charge in [-0.15, -0.1) is 11.3 Å². The normalized spacial score (nSPS) is 23.6. The predicted octanol–water partition coefficient (Wildman–Crippen LogP) is 6.21. The van der Waals surface area contributed by atoms with Crippen LogP contribution < -0.4 is 11.1 Å². The Kier molecular flexibility index (Phi) is 8.06. The molecular weight excluding hydrogens is 562 g/mol. The first-order chi connectivity index (χ1) is 19.8. The molecule has 3 N–H and O–H groups in total. The van der Waals surface area contributed by atoms with Gasteiger partial charge in [0.05, 0.1) is 20.0 Å². The number of carbonyl (C=O) groups excluding carboxylic acids is 1. The quantitative estimate of drug-likeness (QED) is 0.312. The monoisotopic (exact) mass is 599 g/mol. The molecule has 3 heterocycles. The number of hydrogen-bond acceptors (Lipinski definition) is 9. The molecular formula is C29H37N5O5S2. The van der Waals surface area contributed by atoms with E-state index in [0.717, 1.165) is 73.6 Å². The van der Waals surface area contributed by atoms with Crippen molar-refractivity contribution in [2.45, 2.75) is 99.5 Å². The lowest BCUT2D eigenvalue weighted by Gasteiger charge is -2.26. The number of ether oxygens (including phenoxy) is 2. The minimum atomic E-state index is -3.52. The van der Waals surface area contributed by atoms with Gasteiger partial charge >= 0.3 is 6.09 Å². The molecule has 10 nitrogen and oxygen atoms in total. The Morgan fingerprint density at radius 3 is 2.59 bits per heavy atom. The molecule has 12 heteroatoms. The zero-order valence-corrected chi connectivity index (χ0v) is 24.9. The van der Waals surface area contributed by atoms with E-state index >= 15 is 0 Å². The van der Waals surface area contributed by atoms with Gasteiger partial charge in [0.2, 0.25) is 0 Å². The summed E-state index contributed by atoms with van der Waals surface area (Å²) in [5.74, 6) is 0.910. The molecule has 0 bridgehead atoms. The lowest BCUT2D eigenvalue weighted by Crippen LogP contribution is -2.28. The fourth-order valence-electron chi connectivity index (χ4n) is 6.00. The molecule has 41 heavy (non-hydrogen) atoms. The van der Waals surface area contributed by atoms with Crippen LogP contribution in [-0.2, 0) is 19.3 Å². The van der Waals surface area contributed by atoms with Crippen LogP contribution in [0.4, 0.5) is 16.3 Å². The Morgan fingerprint density at radius 2 is 1.90 bits per heavy atom. The maximum Gasteiger partial charge on any atom is 0.404 e. The average molecular weight is 600 g/mol. The zero-order chi connectivity index (χ0) is 28.6. The van der Waals surface area contributed by atoms with Crippen molar-refractivity contribution in [1.29, 1.82) is 0 Å². The second-order valence-electron chi connectivity index (χ2n) is 11.3. The van der Waals surface area contributed by atoms with Crippen LogP contribution in [0.1, 0.15) is 87.1 Å². The van der Waals surface area contributed by atoms with Crippen LogP contribution in [0.3, 0.4) is 0 Å². The number of nitrogens with one attached hydrogen (secondary N) is 1. The van der Waals surface area contributed by atoms with Crippen LogP contribution in [0.2, 0.25) is 0 Å². The molecule has 3 aliphatic rings. The van der Waals surface area contributed by atoms with Crippen molar-refractivity contribution < 1.29 is 22.7 Å². The Balaban J connectivity index is 1.25. The largest absolute Gasteiger partial charge is 0.446 e. The van der Waals surface area contributed by atoms with Crippen LogP contribution in [0, 0.1) is 6.92 Å². The minimum Gasteiger partial charge on any atom is -0.446 e. The van der Waals surface area contributed by atoms with Gasteiger partial charge in [0.25, 0.3) is 0 Å². The summed E-state index contributed by atoms with van der Waals surface area (Å²) in [5.41, 5.74) is 7.54. The van der Waals surface area contributed by atoms with E-state index < -0.39 is 15.9 Å². The first-order valence-electron chi connectivity index (χ1n) is 14.5. The molecule has 2 aliphatic carbocycles. The maximum absolute atomic E-state index is 13.8. The molecule has 0 spiro atoms. The van der Waals surface area contributed by atoms with E-state index in [4.69, 9.17) is 25.3 Å². The summed E-state index contributed by atoms with van der Waals surface area (Å²) in [6, 6.07) is 7.51. The predicted molar refractivity (Wildman–Crippen MR) is 157 cm³/mol. The molecule has 1 unspecified atom stereocenters. The maximum atomic E-state index is 13.8. The van der Waals surface area contributed by atoms with Crippen molar-refractivity contribution in [3.05, 3.63) is 41.2 Å². The Labute approximate surface area is 244 Å². The Morgan fingerprint density at radius 1 is 1.10 bits per heavy atom. The van der Waals surface area contributed by atoms with Crippen molar-refractivity contribution in [2.24, 2.45) is 5.73 Å². The van der Waals surface area contributed by atoms with Gasteiger partial charge in [-0.2, -0.15) is 5.10 Å². The van der Waals surface area contributed by atoms with Crippen LogP contribution >= 0.6 is 11.3 Å². The molecule has 220 valence electrons. The van der Waals surface area contributed by atoms with Crippen LogP contribution in [0.15, 0.2) is 35.4 Å². The van der Waals surface area contributed by atoms with E-state index in [9.17, 15) is 13.2 Å². The van der Waals surface area contributed by atoms with E-state index in [2.05, 4.69) is 5.32 Å². The molecule has 1 atom stereocenters. The third-order valence-corrected chi connectivity index (χ3v) is 12.0. The first-order valence-corrected chi connectivity index (χ1v) is 16.9. The molecule has 1 aliphatic heterocycles. The number of rotatable bonds is 8. The van der Waals surface area contributed by atoms with Crippen LogP contribution in [0.25, 0.3) is 10.4 Å². The first kappa shape index (κ1) is 28.2. The summed E-state index contributed by atoms with van der Waals surface area (Å²) in [4.78, 5) is 17.0. The molecule has 3 aromatic rings. The van der Waals surface area contributed by atoms with Gasteiger partial charge < -0.3 is 20.5 Å². The molecule has 3 fully saturated rings. The summed E-state index contributed by atoms with van der Waals surface area (Å²) in [5, 5.41) is 8.70. The number of thiazole rings is 1. The standard InChI is InChI=1S/C29H37N5O5S2/c1-18-15-26(33-34(18)27-7-2-3-14-38-27)32-20-10-13-23(25(16-20)41(36,37)22-5-4-6-22)24-17-31-28(40-24)19-8-11-21(12-9-19)39-29(30)35/h10,13,15-17,19,21-22,27H,2-9,11-12,14H2,1H3,(H2,30,35)(H,32,33). The van der Waals surface area contributed by atoms with E-state index in [0.29, 0.717) is 34.8 Å². The molecule has 0 radical (unpaired) electrons. The van der Waals surface area contributed by atoms with Gasteiger partial charge in [-0.25, -0.2) is 22.9 Å². The highest BCUT2D eigenvalue weighted by molar-refractivity contribution is 7.92. The van der Waals surface area contributed by atoms with Gasteiger partial charge in [0, 0.05) is 41.7 Å². The number of sulfone groups is 1.